The number of carbonyl (C=O) groups is 1. The van der Waals surface area contributed by atoms with Crippen LogP contribution in [-0.2, 0) is 0 Å². The van der Waals surface area contributed by atoms with Crippen molar-refractivity contribution < 1.29 is 9.90 Å². The molecule has 0 heterocycles. The molecule has 3 aromatic rings. The van der Waals surface area contributed by atoms with Crippen LogP contribution in [0.5, 0.6) is 5.75 Å². The lowest BCUT2D eigenvalue weighted by Crippen LogP contribution is -2.20. The molecule has 0 spiro atoms. The van der Waals surface area contributed by atoms with Crippen LogP contribution in [0.4, 0.5) is 5.69 Å². The van der Waals surface area contributed by atoms with Gasteiger partial charge >= 0.3 is 0 Å². The van der Waals surface area contributed by atoms with Crippen molar-refractivity contribution >= 4 is 28.1 Å². The van der Waals surface area contributed by atoms with Gasteiger partial charge in [-0.1, -0.05) is 42.5 Å². The topological polar surface area (TPSA) is 87.7 Å². The Balaban J connectivity index is 1.91. The van der Waals surface area contributed by atoms with Gasteiger partial charge in [-0.2, -0.15) is 5.10 Å². The van der Waals surface area contributed by atoms with Crippen LogP contribution in [-0.4, -0.2) is 16.7 Å². The number of rotatable bonds is 3. The number of hydrogen-bond acceptors (Lipinski definition) is 4. The largest absolute Gasteiger partial charge is 0.507 e. The summed E-state index contributed by atoms with van der Waals surface area (Å²) in [5.74, 6) is -0.546. The van der Waals surface area contributed by atoms with E-state index in [1.54, 1.807) is 31.2 Å². The van der Waals surface area contributed by atoms with E-state index in [9.17, 15) is 9.90 Å². The van der Waals surface area contributed by atoms with Crippen LogP contribution in [0, 0.1) is 0 Å². The van der Waals surface area contributed by atoms with Crippen molar-refractivity contribution in [3.63, 3.8) is 0 Å². The Morgan fingerprint density at radius 3 is 2.67 bits per heavy atom. The second kappa shape index (κ2) is 6.42. The van der Waals surface area contributed by atoms with Gasteiger partial charge in [0.15, 0.2) is 0 Å². The van der Waals surface area contributed by atoms with Gasteiger partial charge in [0.1, 0.15) is 5.75 Å². The first-order valence-corrected chi connectivity index (χ1v) is 7.47. The van der Waals surface area contributed by atoms with Gasteiger partial charge in [-0.05, 0) is 41.5 Å². The third-order valence-electron chi connectivity index (χ3n) is 3.76. The molecule has 0 aliphatic rings. The van der Waals surface area contributed by atoms with Crippen LogP contribution in [0.1, 0.15) is 22.8 Å². The molecule has 0 fully saturated rings. The summed E-state index contributed by atoms with van der Waals surface area (Å²) in [6.07, 6.45) is 0. The number of aromatic hydroxyl groups is 1. The number of hydrogen-bond donors (Lipinski definition) is 3. The minimum Gasteiger partial charge on any atom is -0.507 e. The maximum Gasteiger partial charge on any atom is 0.275 e. The van der Waals surface area contributed by atoms with Crippen molar-refractivity contribution in [1.29, 1.82) is 0 Å². The molecule has 0 aliphatic carbocycles. The Morgan fingerprint density at radius 1 is 1.08 bits per heavy atom. The van der Waals surface area contributed by atoms with Crippen molar-refractivity contribution in [2.45, 2.75) is 6.92 Å². The Bertz CT molecular complexity index is 948. The van der Waals surface area contributed by atoms with E-state index >= 15 is 0 Å². The van der Waals surface area contributed by atoms with E-state index in [4.69, 9.17) is 5.73 Å². The summed E-state index contributed by atoms with van der Waals surface area (Å²) in [5.41, 5.74) is 10.5. The summed E-state index contributed by atoms with van der Waals surface area (Å²) in [6.45, 7) is 1.78. The molecule has 1 amide bonds. The van der Waals surface area contributed by atoms with Gasteiger partial charge in [0.25, 0.3) is 5.91 Å². The normalized spacial score (nSPS) is 11.5. The zero-order chi connectivity index (χ0) is 17.1. The summed E-state index contributed by atoms with van der Waals surface area (Å²) in [4.78, 5) is 12.5. The third-order valence-corrected chi connectivity index (χ3v) is 3.76. The molecule has 5 heteroatoms. The van der Waals surface area contributed by atoms with E-state index in [0.717, 1.165) is 10.9 Å². The average Bonchev–Trinajstić information content (AvgIpc) is 2.59. The fourth-order valence-electron chi connectivity index (χ4n) is 2.52. The first kappa shape index (κ1) is 15.6. The summed E-state index contributed by atoms with van der Waals surface area (Å²) in [6, 6.07) is 17.9. The number of fused-ring (bicyclic) bond motifs is 1. The first-order valence-electron chi connectivity index (χ1n) is 7.47. The van der Waals surface area contributed by atoms with Crippen molar-refractivity contribution in [3.8, 4) is 5.75 Å². The van der Waals surface area contributed by atoms with E-state index in [2.05, 4.69) is 10.5 Å². The number of phenolic OH excluding ortho intramolecular Hbond substituents is 1. The highest BCUT2D eigenvalue weighted by atomic mass is 16.3. The predicted octanol–water partition coefficient (Wildman–Crippen LogP) is 3.28. The molecule has 0 bridgehead atoms. The highest BCUT2D eigenvalue weighted by Gasteiger charge is 2.14. The predicted molar refractivity (Wildman–Crippen MR) is 96.1 cm³/mol. The number of hydrazone groups is 1. The summed E-state index contributed by atoms with van der Waals surface area (Å²) < 4.78 is 0. The molecule has 3 rings (SSSR count). The molecule has 0 radical (unpaired) electrons. The molecular formula is C19H17N3O2. The van der Waals surface area contributed by atoms with Crippen molar-refractivity contribution in [3.05, 3.63) is 71.8 Å². The second-order valence-corrected chi connectivity index (χ2v) is 5.44. The van der Waals surface area contributed by atoms with Gasteiger partial charge in [0.05, 0.1) is 11.3 Å². The van der Waals surface area contributed by atoms with E-state index in [-0.39, 0.29) is 11.3 Å². The maximum absolute atomic E-state index is 12.5. The molecule has 0 unspecified atom stereocenters. The van der Waals surface area contributed by atoms with Crippen LogP contribution in [0.3, 0.4) is 0 Å². The van der Waals surface area contributed by atoms with E-state index in [0.29, 0.717) is 16.8 Å². The monoisotopic (exact) mass is 319 g/mol. The molecule has 3 aromatic carbocycles. The zero-order valence-corrected chi connectivity index (χ0v) is 13.2. The minimum absolute atomic E-state index is 0.0805. The Kier molecular flexibility index (Phi) is 4.16. The standard InChI is InChI=1S/C19H17N3O2/c1-12(14-6-4-7-15(20)11-14)21-22-19(24)18-16-8-3-2-5-13(16)9-10-17(18)23/h2-11,23H,20H2,1H3,(H,22,24)/b21-12+. The fourth-order valence-corrected chi connectivity index (χ4v) is 2.52. The molecule has 0 aliphatic heterocycles. The van der Waals surface area contributed by atoms with Gasteiger partial charge in [-0.25, -0.2) is 5.43 Å². The van der Waals surface area contributed by atoms with Gasteiger partial charge in [0.2, 0.25) is 0 Å². The van der Waals surface area contributed by atoms with Crippen molar-refractivity contribution in [1.82, 2.24) is 5.43 Å². The Labute approximate surface area is 139 Å². The number of amides is 1. The number of carbonyl (C=O) groups excluding carboxylic acids is 1. The van der Waals surface area contributed by atoms with Crippen molar-refractivity contribution in [2.24, 2.45) is 5.10 Å². The van der Waals surface area contributed by atoms with E-state index in [1.807, 2.05) is 30.3 Å². The lowest BCUT2D eigenvalue weighted by atomic mass is 10.0. The van der Waals surface area contributed by atoms with Crippen LogP contribution in [0.25, 0.3) is 10.8 Å². The zero-order valence-electron chi connectivity index (χ0n) is 13.2. The molecular weight excluding hydrogens is 302 g/mol. The quantitative estimate of drug-likeness (QED) is 0.393. The molecule has 0 atom stereocenters. The fraction of sp³-hybridized carbons (Fsp3) is 0.0526. The molecule has 0 aromatic heterocycles. The molecule has 24 heavy (non-hydrogen) atoms. The van der Waals surface area contributed by atoms with Crippen LogP contribution in [0.15, 0.2) is 65.8 Å². The van der Waals surface area contributed by atoms with E-state index < -0.39 is 5.91 Å². The van der Waals surface area contributed by atoms with Crippen LogP contribution < -0.4 is 11.2 Å². The highest BCUT2D eigenvalue weighted by Crippen LogP contribution is 2.26. The summed E-state index contributed by atoms with van der Waals surface area (Å²) in [5, 5.41) is 15.7. The molecule has 0 saturated heterocycles. The lowest BCUT2D eigenvalue weighted by molar-refractivity contribution is 0.0954. The summed E-state index contributed by atoms with van der Waals surface area (Å²) >= 11 is 0. The van der Waals surface area contributed by atoms with Gasteiger partial charge in [-0.15, -0.1) is 0 Å². The van der Waals surface area contributed by atoms with E-state index in [1.165, 1.54) is 6.07 Å². The smallest absolute Gasteiger partial charge is 0.275 e. The first-order chi connectivity index (χ1) is 11.6. The maximum atomic E-state index is 12.5. The number of nitrogens with one attached hydrogen (secondary N) is 1. The average molecular weight is 319 g/mol. The van der Waals surface area contributed by atoms with Gasteiger partial charge in [0, 0.05) is 5.69 Å². The lowest BCUT2D eigenvalue weighted by Gasteiger charge is -2.08. The molecule has 0 saturated carbocycles. The number of nitrogens with zero attached hydrogens (tertiary/aromatic N) is 1. The number of anilines is 1. The molecule has 5 nitrogen and oxygen atoms in total. The Hall–Kier alpha value is -3.34. The van der Waals surface area contributed by atoms with Crippen LogP contribution >= 0.6 is 0 Å². The van der Waals surface area contributed by atoms with Crippen molar-refractivity contribution in [2.75, 3.05) is 5.73 Å². The Morgan fingerprint density at radius 2 is 1.88 bits per heavy atom. The number of nitrogens with two attached hydrogens (primary N) is 1. The minimum atomic E-state index is -0.465. The third kappa shape index (κ3) is 3.05. The van der Waals surface area contributed by atoms with Gasteiger partial charge in [-0.3, -0.25) is 4.79 Å². The molecule has 120 valence electrons. The van der Waals surface area contributed by atoms with Crippen LogP contribution in [0.2, 0.25) is 0 Å². The summed E-state index contributed by atoms with van der Waals surface area (Å²) in [7, 11) is 0. The number of benzene rings is 3. The number of phenols is 1. The number of nitrogen functional groups attached to an aromatic ring is 1. The second-order valence-electron chi connectivity index (χ2n) is 5.44. The SMILES string of the molecule is C/C(=N\NC(=O)c1c(O)ccc2ccccc12)c1cccc(N)c1. The molecule has 4 N–H and O–H groups in total. The highest BCUT2D eigenvalue weighted by molar-refractivity contribution is 6.10. The van der Waals surface area contributed by atoms with Gasteiger partial charge < -0.3 is 10.8 Å².